The molecule has 12 aromatic rings. The summed E-state index contributed by atoms with van der Waals surface area (Å²) in [7, 11) is 0. The van der Waals surface area contributed by atoms with Crippen molar-refractivity contribution in [2.45, 2.75) is 91.9 Å². The van der Waals surface area contributed by atoms with Crippen molar-refractivity contribution in [1.82, 2.24) is 19.6 Å². The van der Waals surface area contributed by atoms with Crippen LogP contribution in [0.3, 0.4) is 0 Å². The maximum atomic E-state index is 15.3. The number of benzene rings is 12. The maximum Gasteiger partial charge on any atom is 0.200 e. The van der Waals surface area contributed by atoms with Crippen LogP contribution in [0.15, 0.2) is 72.8 Å². The Balaban J connectivity index is 0.947. The van der Waals surface area contributed by atoms with Crippen molar-refractivity contribution in [3.8, 4) is 46.0 Å². The number of rotatable bonds is 32. The Kier molecular flexibility index (Phi) is 34.3. The highest BCUT2D eigenvalue weighted by atomic mass is 19.2. The molecule has 0 aromatic heterocycles. The topological polar surface area (TPSA) is 86.8 Å². The predicted molar refractivity (Wildman–Crippen MR) is 421 cm³/mol. The van der Waals surface area contributed by atoms with Gasteiger partial charge in [0.05, 0.1) is 44.5 Å². The first-order chi connectivity index (χ1) is 69.0. The lowest BCUT2D eigenvalue weighted by Gasteiger charge is -2.32. The molecule has 0 aliphatic carbocycles. The van der Waals surface area contributed by atoms with Crippen LogP contribution in [0.1, 0.15) is 79.6 Å². The van der Waals surface area contributed by atoms with Crippen LogP contribution in [0.5, 0.6) is 46.0 Å². The quantitative estimate of drug-likeness (QED) is 0.0229. The predicted octanol–water partition coefficient (Wildman–Crippen LogP) is 25.0. The fourth-order valence-corrected chi connectivity index (χ4v) is 14.7. The molecule has 0 atom stereocenters. The Hall–Kier alpha value is -13.9. The average Bonchev–Trinajstić information content (AvgIpc) is 0.805. The Morgan fingerprint density at radius 2 is 0.226 bits per heavy atom. The van der Waals surface area contributed by atoms with Crippen molar-refractivity contribution in [2.24, 2.45) is 0 Å². The Labute approximate surface area is 793 Å². The molecule has 0 unspecified atom stereocenters. The van der Waals surface area contributed by atoms with E-state index in [2.05, 4.69) is 0 Å². The molecule has 0 amide bonds. The van der Waals surface area contributed by atoms with Gasteiger partial charge >= 0.3 is 0 Å². The van der Waals surface area contributed by atoms with Crippen LogP contribution < -0.4 is 37.9 Å². The van der Waals surface area contributed by atoms with Crippen molar-refractivity contribution in [3.05, 3.63) is 372 Å². The lowest BCUT2D eigenvalue weighted by Crippen LogP contribution is -2.40. The molecular weight excluding hydrogens is 2070 g/mol. The fourth-order valence-electron chi connectivity index (χ4n) is 14.7. The van der Waals surface area contributed by atoms with E-state index < -0.39 is 455 Å². The first-order valence-corrected chi connectivity index (χ1v) is 41.5. The van der Waals surface area contributed by atoms with Crippen molar-refractivity contribution < 1.29 is 214 Å². The van der Waals surface area contributed by atoms with Gasteiger partial charge in [-0.15, -0.1) is 0 Å². The number of hydrogen-bond acceptors (Lipinski definition) is 12. The van der Waals surface area contributed by atoms with E-state index >= 15 is 70.2 Å². The van der Waals surface area contributed by atoms with Gasteiger partial charge in [-0.25, -0.2) is 176 Å². The molecule has 12 aromatic carbocycles. The first-order valence-electron chi connectivity index (χ1n) is 41.5. The van der Waals surface area contributed by atoms with E-state index in [1.807, 2.05) is 0 Å². The van der Waals surface area contributed by atoms with Gasteiger partial charge in [0.15, 0.2) is 186 Å². The smallest absolute Gasteiger partial charge is 0.200 e. The van der Waals surface area contributed by atoms with Gasteiger partial charge in [-0.1, -0.05) is 0 Å². The lowest BCUT2D eigenvalue weighted by molar-refractivity contribution is 0.147. The minimum absolute atomic E-state index is 0.263. The zero-order valence-corrected chi connectivity index (χ0v) is 72.7. The van der Waals surface area contributed by atoms with Gasteiger partial charge in [0.2, 0.25) is 46.5 Å². The normalized spacial score (nSPS) is 13.4. The third kappa shape index (κ3) is 23.4. The highest BCUT2D eigenvalue weighted by Gasteiger charge is 2.37. The molecule has 52 heteroatoms. The molecule has 0 N–H and O–H groups in total. The van der Waals surface area contributed by atoms with Crippen LogP contribution in [0, 0.1) is 233 Å². The Bertz CT molecular complexity index is 5650. The summed E-state index contributed by atoms with van der Waals surface area (Å²) in [5.41, 5.74) is -14.4. The van der Waals surface area contributed by atoms with Gasteiger partial charge < -0.3 is 37.9 Å². The van der Waals surface area contributed by atoms with Crippen LogP contribution in [-0.2, 0) is 79.0 Å². The molecular formula is C94H56F40N4O8. The van der Waals surface area contributed by atoms with Crippen LogP contribution in [-0.4, -0.2) is 72.0 Å². The van der Waals surface area contributed by atoms with E-state index in [0.29, 0.717) is 24.3 Å². The van der Waals surface area contributed by atoms with Gasteiger partial charge in [-0.3, -0.25) is 19.6 Å². The van der Waals surface area contributed by atoms with Gasteiger partial charge in [0, 0.05) is 76.6 Å². The van der Waals surface area contributed by atoms with E-state index in [1.54, 1.807) is 0 Å². The molecule has 1 saturated heterocycles. The van der Waals surface area contributed by atoms with Crippen molar-refractivity contribution >= 4 is 0 Å². The summed E-state index contributed by atoms with van der Waals surface area (Å²) in [5.74, 6) is -107. The fraction of sp³-hybridized carbons (Fsp3) is 0.234. The van der Waals surface area contributed by atoms with E-state index in [1.165, 1.54) is 19.6 Å². The average molecular weight is 2130 g/mol. The van der Waals surface area contributed by atoms with Crippen LogP contribution >= 0.6 is 0 Å². The summed E-state index contributed by atoms with van der Waals surface area (Å²) in [6.45, 7) is -19.3. The molecule has 1 aliphatic rings. The second kappa shape index (κ2) is 45.8. The summed E-state index contributed by atoms with van der Waals surface area (Å²) in [6.07, 6.45) is -0.698. The minimum atomic E-state index is -2.66. The summed E-state index contributed by atoms with van der Waals surface area (Å²) in [4.78, 5) is 5.64. The van der Waals surface area contributed by atoms with Gasteiger partial charge in [-0.2, -0.15) is 0 Å². The molecule has 0 spiro atoms. The van der Waals surface area contributed by atoms with Crippen LogP contribution in [0.2, 0.25) is 0 Å². The van der Waals surface area contributed by atoms with Gasteiger partial charge in [-0.05, 0) is 110 Å². The number of halogens is 40. The minimum Gasteiger partial charge on any atom is -0.489 e. The summed E-state index contributed by atoms with van der Waals surface area (Å²) in [6, 6.07) is 10.2. The van der Waals surface area contributed by atoms with Crippen molar-refractivity contribution in [1.29, 1.82) is 0 Å². The second-order valence-corrected chi connectivity index (χ2v) is 31.8. The largest absolute Gasteiger partial charge is 0.489 e. The molecule has 1 heterocycles. The van der Waals surface area contributed by atoms with Crippen molar-refractivity contribution in [2.75, 3.05) is 52.4 Å². The third-order valence-corrected chi connectivity index (χ3v) is 22.2. The molecule has 780 valence electrons. The lowest BCUT2D eigenvalue weighted by atomic mass is 10.1. The first kappa shape index (κ1) is 109. The molecule has 146 heavy (non-hydrogen) atoms. The van der Waals surface area contributed by atoms with Gasteiger partial charge in [0.1, 0.15) is 98.9 Å². The highest BCUT2D eigenvalue weighted by Crippen LogP contribution is 2.40. The van der Waals surface area contributed by atoms with E-state index in [9.17, 15) is 105 Å². The molecule has 0 bridgehead atoms. The maximum absolute atomic E-state index is 15.3. The number of ether oxygens (including phenoxy) is 8. The highest BCUT2D eigenvalue weighted by molar-refractivity contribution is 5.45. The monoisotopic (exact) mass is 2130 g/mol. The summed E-state index contributed by atoms with van der Waals surface area (Å²) >= 11 is 0. The molecule has 0 radical (unpaired) electrons. The zero-order chi connectivity index (χ0) is 107. The Morgan fingerprint density at radius 1 is 0.130 bits per heavy atom. The second-order valence-electron chi connectivity index (χ2n) is 31.8. The van der Waals surface area contributed by atoms with Crippen LogP contribution in [0.4, 0.5) is 176 Å². The van der Waals surface area contributed by atoms with Crippen molar-refractivity contribution in [3.63, 3.8) is 0 Å². The van der Waals surface area contributed by atoms with E-state index in [4.69, 9.17) is 37.9 Å². The molecule has 13 rings (SSSR count). The molecule has 0 saturated carbocycles. The third-order valence-electron chi connectivity index (χ3n) is 22.2. The van der Waals surface area contributed by atoms with Crippen LogP contribution in [0.25, 0.3) is 0 Å². The van der Waals surface area contributed by atoms with E-state index in [0.717, 1.165) is 48.5 Å². The molecule has 1 fully saturated rings. The summed E-state index contributed by atoms with van der Waals surface area (Å²) < 4.78 is 639. The van der Waals surface area contributed by atoms with E-state index in [-0.39, 0.29) is 35.1 Å². The Morgan fingerprint density at radius 3 is 0.329 bits per heavy atom. The summed E-state index contributed by atoms with van der Waals surface area (Å²) in [5, 5.41) is 0. The number of hydrogen-bond donors (Lipinski definition) is 0. The zero-order valence-electron chi connectivity index (χ0n) is 72.7. The van der Waals surface area contributed by atoms with Gasteiger partial charge in [0.25, 0.3) is 0 Å². The standard InChI is InChI=1S/C94H56F40N4O8/c95-55-47(56(96)72(112)87(127)71(55)111)27-139-39-11-35(12-40(19-39)140-28-48-57(97)73(113)88(128)74(114)58(48)98)23-135-3-1-4-136(24-36-13-41(141-29-49-59(99)75(115)89(129)76(116)60(49)100)20-42(14-36)142-30-50-61(101)77(117)90(130)78(118)62(50)102)8-10-138(26-38-17-45(145-33-53-67(107)83(123)93(133)84(124)68(53)108)22-46(18-38)146-34-54-69(109)85(125)94(134)86(126)70(54)110)6-2-5-137(9-7-135)25-37-15-43(143-31-51-63(103)79(119)91(131)80(120)64(51)104)21-44(16-37)144-32-52-65(105)81(121)92(132)82(122)66(52)106/h11-22H,1-10,23-34H2. The molecule has 12 nitrogen and oxygen atoms in total. The SMILES string of the molecule is Fc1c(F)c(F)c(COc2cc(CN3CCCN(Cc4cc(OCc5c(F)c(F)c(F)c(F)c5F)cc(OCc5c(F)c(F)c(F)c(F)c5F)c4)CCN(Cc4cc(OCc5c(F)c(F)c(F)c(F)c5F)cc(OCc5c(F)c(F)c(F)c(F)c5F)c4)CCCN(Cc4cc(OCc5c(F)c(F)c(F)c(F)c5F)cc(OCc5c(F)c(F)c(F)c(F)c5F)c4)CC3)cc(OCc3c(F)c(F)c(F)c(F)c3F)c2)c(F)c1F. The number of nitrogens with zero attached hydrogens (tertiary/aromatic N) is 4. The molecule has 1 aliphatic heterocycles.